The highest BCUT2D eigenvalue weighted by molar-refractivity contribution is 7.10. The molecule has 2 aromatic rings. The molecule has 0 spiro atoms. The molecule has 2 rings (SSSR count). The normalized spacial score (nSPS) is 12.5. The van der Waals surface area contributed by atoms with E-state index in [9.17, 15) is 4.39 Å². The Labute approximate surface area is 129 Å². The fourth-order valence-electron chi connectivity index (χ4n) is 2.14. The van der Waals surface area contributed by atoms with Crippen molar-refractivity contribution in [3.63, 3.8) is 0 Å². The van der Waals surface area contributed by atoms with Gasteiger partial charge < -0.3 is 15.4 Å². The maximum absolute atomic E-state index is 13.9. The average molecular weight is 308 g/mol. The first-order valence-corrected chi connectivity index (χ1v) is 7.80. The quantitative estimate of drug-likeness (QED) is 0.829. The second kappa shape index (κ2) is 6.35. The summed E-state index contributed by atoms with van der Waals surface area (Å²) in [6, 6.07) is 7.26. The number of benzene rings is 1. The van der Waals surface area contributed by atoms with Crippen molar-refractivity contribution in [3.05, 3.63) is 40.3 Å². The van der Waals surface area contributed by atoms with Gasteiger partial charge in [-0.1, -0.05) is 6.07 Å². The first-order valence-electron chi connectivity index (χ1n) is 6.92. The van der Waals surface area contributed by atoms with Gasteiger partial charge in [-0.2, -0.15) is 0 Å². The molecule has 2 N–H and O–H groups in total. The Morgan fingerprint density at radius 3 is 2.57 bits per heavy atom. The van der Waals surface area contributed by atoms with E-state index >= 15 is 0 Å². The molecule has 0 saturated carbocycles. The minimum Gasteiger partial charge on any atom is -0.488 e. The summed E-state index contributed by atoms with van der Waals surface area (Å²) < 4.78 is 19.4. The van der Waals surface area contributed by atoms with Crippen LogP contribution in [0.25, 0.3) is 0 Å². The number of rotatable bonds is 5. The molecule has 1 atom stereocenters. The van der Waals surface area contributed by atoms with Crippen molar-refractivity contribution >= 4 is 22.7 Å². The summed E-state index contributed by atoms with van der Waals surface area (Å²) in [6.45, 7) is 5.83. The number of hydrogen-bond donors (Lipinski definition) is 1. The highest BCUT2D eigenvalue weighted by Crippen LogP contribution is 2.36. The molecule has 1 heterocycles. The van der Waals surface area contributed by atoms with Crippen LogP contribution in [0.1, 0.15) is 31.7 Å². The van der Waals surface area contributed by atoms with Crippen LogP contribution in [0, 0.1) is 5.82 Å². The zero-order valence-corrected chi connectivity index (χ0v) is 13.6. The first kappa shape index (κ1) is 15.6. The van der Waals surface area contributed by atoms with Gasteiger partial charge in [0, 0.05) is 24.1 Å². The van der Waals surface area contributed by atoms with Crippen LogP contribution in [0.4, 0.5) is 15.8 Å². The summed E-state index contributed by atoms with van der Waals surface area (Å²) in [5.74, 6) is -0.193. The maximum Gasteiger partial charge on any atom is 0.167 e. The molecule has 5 heteroatoms. The number of nitrogens with zero attached hydrogens (tertiary/aromatic N) is 1. The SMILES string of the molecule is CC(C)Oc1cc(N(C)C(C)c2cccs2)c(N)cc1F. The van der Waals surface area contributed by atoms with Crippen LogP contribution >= 0.6 is 11.3 Å². The number of hydrogen-bond acceptors (Lipinski definition) is 4. The van der Waals surface area contributed by atoms with Gasteiger partial charge >= 0.3 is 0 Å². The lowest BCUT2D eigenvalue weighted by Gasteiger charge is -2.28. The Balaban J connectivity index is 2.34. The topological polar surface area (TPSA) is 38.5 Å². The van der Waals surface area contributed by atoms with Gasteiger partial charge in [0.25, 0.3) is 0 Å². The maximum atomic E-state index is 13.9. The van der Waals surface area contributed by atoms with Crippen LogP contribution in [-0.2, 0) is 0 Å². The van der Waals surface area contributed by atoms with Gasteiger partial charge in [0.15, 0.2) is 11.6 Å². The summed E-state index contributed by atoms with van der Waals surface area (Å²) >= 11 is 1.69. The summed E-state index contributed by atoms with van der Waals surface area (Å²) in [6.07, 6.45) is -0.0870. The molecule has 0 aliphatic rings. The third kappa shape index (κ3) is 3.47. The van der Waals surface area contributed by atoms with Gasteiger partial charge in [-0.15, -0.1) is 11.3 Å². The van der Waals surface area contributed by atoms with E-state index in [1.165, 1.54) is 10.9 Å². The van der Waals surface area contributed by atoms with Gasteiger partial charge in [-0.25, -0.2) is 4.39 Å². The molecule has 0 fully saturated rings. The average Bonchev–Trinajstić information content (AvgIpc) is 2.93. The number of nitrogen functional groups attached to an aromatic ring is 1. The minimum atomic E-state index is -0.429. The highest BCUT2D eigenvalue weighted by Gasteiger charge is 2.18. The lowest BCUT2D eigenvalue weighted by molar-refractivity contribution is 0.231. The Kier molecular flexibility index (Phi) is 4.73. The predicted octanol–water partition coefficient (Wildman–Crippen LogP) is 4.45. The standard InChI is InChI=1S/C16H21FN2OS/c1-10(2)20-15-9-14(13(18)8-12(15)17)19(4)11(3)16-6-5-7-21-16/h5-11H,18H2,1-4H3. The van der Waals surface area contributed by atoms with Gasteiger partial charge in [-0.3, -0.25) is 0 Å². The second-order valence-electron chi connectivity index (χ2n) is 5.31. The van der Waals surface area contributed by atoms with Crippen LogP contribution in [0.2, 0.25) is 0 Å². The fraction of sp³-hybridized carbons (Fsp3) is 0.375. The highest BCUT2D eigenvalue weighted by atomic mass is 32.1. The Hall–Kier alpha value is -1.75. The molecular weight excluding hydrogens is 287 g/mol. The molecule has 0 aliphatic heterocycles. The second-order valence-corrected chi connectivity index (χ2v) is 6.29. The third-order valence-corrected chi connectivity index (χ3v) is 4.40. The lowest BCUT2D eigenvalue weighted by Crippen LogP contribution is -2.22. The number of nitrogens with two attached hydrogens (primary N) is 1. The summed E-state index contributed by atoms with van der Waals surface area (Å²) in [5.41, 5.74) is 7.16. The molecule has 0 radical (unpaired) electrons. The van der Waals surface area contributed by atoms with Crippen LogP contribution in [0.5, 0.6) is 5.75 Å². The van der Waals surface area contributed by atoms with E-state index in [0.717, 1.165) is 5.69 Å². The van der Waals surface area contributed by atoms with Crippen molar-refractivity contribution in [2.45, 2.75) is 32.9 Å². The third-order valence-electron chi connectivity index (χ3n) is 3.36. The van der Waals surface area contributed by atoms with Crippen molar-refractivity contribution in [1.82, 2.24) is 0 Å². The summed E-state index contributed by atoms with van der Waals surface area (Å²) in [7, 11) is 1.95. The van der Waals surface area contributed by atoms with E-state index in [1.54, 1.807) is 17.4 Å². The van der Waals surface area contributed by atoms with E-state index in [0.29, 0.717) is 5.69 Å². The van der Waals surface area contributed by atoms with Gasteiger partial charge in [0.2, 0.25) is 0 Å². The zero-order chi connectivity index (χ0) is 15.6. The Bertz CT molecular complexity index is 599. The van der Waals surface area contributed by atoms with Gasteiger partial charge in [0.1, 0.15) is 0 Å². The van der Waals surface area contributed by atoms with E-state index in [1.807, 2.05) is 37.2 Å². The Morgan fingerprint density at radius 1 is 1.29 bits per heavy atom. The molecule has 1 unspecified atom stereocenters. The molecular formula is C16H21FN2OS. The molecule has 0 saturated heterocycles. The first-order chi connectivity index (χ1) is 9.90. The zero-order valence-electron chi connectivity index (χ0n) is 12.8. The van der Waals surface area contributed by atoms with E-state index in [4.69, 9.17) is 10.5 Å². The van der Waals surface area contributed by atoms with E-state index < -0.39 is 5.82 Å². The predicted molar refractivity (Wildman–Crippen MR) is 87.7 cm³/mol. The van der Waals surface area contributed by atoms with Crippen LogP contribution in [0.3, 0.4) is 0 Å². The molecule has 21 heavy (non-hydrogen) atoms. The molecule has 114 valence electrons. The molecule has 0 bridgehead atoms. The fourth-order valence-corrected chi connectivity index (χ4v) is 2.96. The van der Waals surface area contributed by atoms with E-state index in [-0.39, 0.29) is 17.9 Å². The molecule has 0 amide bonds. The number of anilines is 2. The summed E-state index contributed by atoms with van der Waals surface area (Å²) in [5, 5.41) is 2.04. The largest absolute Gasteiger partial charge is 0.488 e. The van der Waals surface area contributed by atoms with Crippen molar-refractivity contribution < 1.29 is 9.13 Å². The molecule has 0 aliphatic carbocycles. The van der Waals surface area contributed by atoms with Crippen LogP contribution in [-0.4, -0.2) is 13.2 Å². The van der Waals surface area contributed by atoms with Crippen molar-refractivity contribution in [1.29, 1.82) is 0 Å². The van der Waals surface area contributed by atoms with Crippen molar-refractivity contribution in [2.75, 3.05) is 17.7 Å². The smallest absolute Gasteiger partial charge is 0.167 e. The van der Waals surface area contributed by atoms with Crippen LogP contribution < -0.4 is 15.4 Å². The summed E-state index contributed by atoms with van der Waals surface area (Å²) in [4.78, 5) is 3.26. The lowest BCUT2D eigenvalue weighted by atomic mass is 10.1. The minimum absolute atomic E-state index is 0.0870. The molecule has 3 nitrogen and oxygen atoms in total. The number of thiophene rings is 1. The molecule has 1 aromatic carbocycles. The van der Waals surface area contributed by atoms with Gasteiger partial charge in [0.05, 0.1) is 23.5 Å². The number of ether oxygens (including phenoxy) is 1. The van der Waals surface area contributed by atoms with Crippen molar-refractivity contribution in [2.24, 2.45) is 0 Å². The Morgan fingerprint density at radius 2 is 2.00 bits per heavy atom. The number of halogens is 1. The van der Waals surface area contributed by atoms with Crippen LogP contribution in [0.15, 0.2) is 29.6 Å². The monoisotopic (exact) mass is 308 g/mol. The van der Waals surface area contributed by atoms with Crippen molar-refractivity contribution in [3.8, 4) is 5.75 Å². The van der Waals surface area contributed by atoms with Gasteiger partial charge in [-0.05, 0) is 32.2 Å². The van der Waals surface area contributed by atoms with E-state index in [2.05, 4.69) is 13.0 Å². The molecule has 1 aromatic heterocycles.